The molecule has 0 unspecified atom stereocenters. The summed E-state index contributed by atoms with van der Waals surface area (Å²) in [6.07, 6.45) is 2.64. The van der Waals surface area contributed by atoms with Crippen molar-refractivity contribution in [3.05, 3.63) is 0 Å². The van der Waals surface area contributed by atoms with E-state index < -0.39 is 13.9 Å². The summed E-state index contributed by atoms with van der Waals surface area (Å²) in [4.78, 5) is 0. The van der Waals surface area contributed by atoms with Gasteiger partial charge in [-0.25, -0.2) is 0 Å². The maximum atomic E-state index is 5.04. The molecule has 0 rings (SSSR count). The van der Waals surface area contributed by atoms with Crippen molar-refractivity contribution in [3.63, 3.8) is 0 Å². The van der Waals surface area contributed by atoms with E-state index in [1.807, 2.05) is 0 Å². The molecule has 0 aliphatic heterocycles. The van der Waals surface area contributed by atoms with Crippen molar-refractivity contribution in [2.75, 3.05) is 0 Å². The van der Waals surface area contributed by atoms with Crippen LogP contribution in [-0.4, -0.2) is 13.9 Å². The minimum atomic E-state index is -3.29. The summed E-state index contributed by atoms with van der Waals surface area (Å²) in [5.41, 5.74) is 0. The van der Waals surface area contributed by atoms with E-state index in [1.165, 1.54) is 12.8 Å². The van der Waals surface area contributed by atoms with E-state index in [0.29, 0.717) is 0 Å². The van der Waals surface area contributed by atoms with Crippen LogP contribution < -0.4 is 0 Å². The van der Waals surface area contributed by atoms with Crippen LogP contribution in [0.1, 0.15) is 26.7 Å². The predicted molar refractivity (Wildman–Crippen MR) is 49.7 cm³/mol. The van der Waals surface area contributed by atoms with Crippen molar-refractivity contribution in [1.82, 2.24) is 0 Å². The molecule has 0 aliphatic rings. The van der Waals surface area contributed by atoms with Crippen molar-refractivity contribution in [1.29, 1.82) is 0 Å². The molecular weight excluding hydrogens is 309 g/mol. The van der Waals surface area contributed by atoms with Gasteiger partial charge in [0.2, 0.25) is 0 Å². The van der Waals surface area contributed by atoms with E-state index in [9.17, 15) is 0 Å². The zero-order chi connectivity index (χ0) is 7.91. The number of rotatable bonds is 1. The molecule has 0 N–H and O–H groups in total. The Balaban J connectivity index is 0. The van der Waals surface area contributed by atoms with Crippen LogP contribution in [0.5, 0.6) is 0 Å². The third-order valence-corrected chi connectivity index (χ3v) is 0.500. The van der Waals surface area contributed by atoms with E-state index >= 15 is 0 Å². The van der Waals surface area contributed by atoms with Crippen LogP contribution in [0.2, 0.25) is 0 Å². The fraction of sp³-hybridized carbons (Fsp3) is 1.00. The molecule has 0 aliphatic carbocycles. The van der Waals surface area contributed by atoms with E-state index in [-0.39, 0.29) is 0 Å². The molecule has 5 heteroatoms. The molecule has 0 fully saturated rings. The molecule has 0 saturated heterocycles. The summed E-state index contributed by atoms with van der Waals surface area (Å²) in [5.74, 6) is 0. The molecule has 0 aromatic rings. The van der Waals surface area contributed by atoms with Gasteiger partial charge in [-0.1, -0.05) is 26.7 Å². The quantitative estimate of drug-likeness (QED) is 0.636. The van der Waals surface area contributed by atoms with Gasteiger partial charge in [-0.3, -0.25) is 0 Å². The average Bonchev–Trinajstić information content (AvgIpc) is 1.61. The molecule has 0 heterocycles. The summed E-state index contributed by atoms with van der Waals surface area (Å²) in [6, 6.07) is 0. The first-order valence-corrected chi connectivity index (χ1v) is 17.1. The number of halogens is 4. The Bertz CT molecular complexity index is 43.0. The second-order valence-electron chi connectivity index (χ2n) is 1.43. The van der Waals surface area contributed by atoms with Crippen LogP contribution >= 0.6 is 35.7 Å². The first-order chi connectivity index (χ1) is 3.91. The van der Waals surface area contributed by atoms with Crippen molar-refractivity contribution >= 4 is 49.6 Å². The van der Waals surface area contributed by atoms with Crippen LogP contribution in [0.25, 0.3) is 0 Å². The van der Waals surface area contributed by atoms with E-state index in [2.05, 4.69) is 13.8 Å². The molecule has 0 aromatic heterocycles. The van der Waals surface area contributed by atoms with Gasteiger partial charge in [0.1, 0.15) is 0 Å². The zero-order valence-electron chi connectivity index (χ0n) is 5.43. The monoisotopic (exact) mass is 318 g/mol. The fourth-order valence-corrected chi connectivity index (χ4v) is 0. The SMILES string of the molecule is CCCC.[Cl][Sn]([Cl])([Cl])[Cl]. The minimum absolute atomic E-state index is 1.32. The second kappa shape index (κ2) is 8.06. The summed E-state index contributed by atoms with van der Waals surface area (Å²) < 4.78 is 0. The van der Waals surface area contributed by atoms with Gasteiger partial charge >= 0.3 is 49.6 Å². The first kappa shape index (κ1) is 13.5. The number of hydrogen-bond acceptors (Lipinski definition) is 0. The van der Waals surface area contributed by atoms with Gasteiger partial charge in [0.15, 0.2) is 0 Å². The second-order valence-corrected chi connectivity index (χ2v) is 26.9. The Hall–Kier alpha value is 1.96. The summed E-state index contributed by atoms with van der Waals surface area (Å²) in [7, 11) is 20.1. The fourth-order valence-electron chi connectivity index (χ4n) is 0. The van der Waals surface area contributed by atoms with Crippen molar-refractivity contribution in [2.24, 2.45) is 0 Å². The Morgan fingerprint density at radius 1 is 0.889 bits per heavy atom. The molecule has 0 saturated carbocycles. The number of hydrogen-bond donors (Lipinski definition) is 0. The van der Waals surface area contributed by atoms with Gasteiger partial charge < -0.3 is 0 Å². The number of unbranched alkanes of at least 4 members (excludes halogenated alkanes) is 1. The Labute approximate surface area is 75.5 Å². The molecule has 0 radical (unpaired) electrons. The normalized spacial score (nSPS) is 10.0. The van der Waals surface area contributed by atoms with Gasteiger partial charge in [0.05, 0.1) is 0 Å². The first-order valence-electron chi connectivity index (χ1n) is 2.67. The average molecular weight is 319 g/mol. The van der Waals surface area contributed by atoms with Gasteiger partial charge in [-0.05, 0) is 0 Å². The molecule has 0 aromatic carbocycles. The van der Waals surface area contributed by atoms with Crippen LogP contribution in [0.15, 0.2) is 0 Å². The van der Waals surface area contributed by atoms with Gasteiger partial charge in [-0.15, -0.1) is 0 Å². The summed E-state index contributed by atoms with van der Waals surface area (Å²) >= 11 is -3.29. The molecular formula is C4H10Cl4Sn. The standard InChI is InChI=1S/C4H10.4ClH.Sn/c1-3-4-2;;;;;/h3-4H2,1-2H3;4*1H;/q;;;;;+4/p-4. The van der Waals surface area contributed by atoms with Crippen molar-refractivity contribution in [3.8, 4) is 0 Å². The third-order valence-electron chi connectivity index (χ3n) is 0.500. The van der Waals surface area contributed by atoms with Crippen molar-refractivity contribution in [2.45, 2.75) is 26.7 Å². The molecule has 0 atom stereocenters. The summed E-state index contributed by atoms with van der Waals surface area (Å²) in [5, 5.41) is 0. The maximum absolute atomic E-state index is 5.04. The van der Waals surface area contributed by atoms with E-state index in [0.717, 1.165) is 0 Å². The molecule has 0 nitrogen and oxygen atoms in total. The van der Waals surface area contributed by atoms with Gasteiger partial charge in [-0.2, -0.15) is 0 Å². The van der Waals surface area contributed by atoms with Crippen LogP contribution in [-0.2, 0) is 0 Å². The molecule has 9 heavy (non-hydrogen) atoms. The van der Waals surface area contributed by atoms with Gasteiger partial charge in [0, 0.05) is 0 Å². The third kappa shape index (κ3) is 72.1. The summed E-state index contributed by atoms with van der Waals surface area (Å²) in [6.45, 7) is 4.36. The van der Waals surface area contributed by atoms with Crippen LogP contribution in [0.3, 0.4) is 0 Å². The Kier molecular flexibility index (Phi) is 12.1. The molecule has 0 spiro atoms. The topological polar surface area (TPSA) is 0 Å². The van der Waals surface area contributed by atoms with Gasteiger partial charge in [0.25, 0.3) is 0 Å². The molecule has 58 valence electrons. The van der Waals surface area contributed by atoms with Crippen LogP contribution in [0.4, 0.5) is 0 Å². The zero-order valence-corrected chi connectivity index (χ0v) is 11.3. The molecule has 0 bridgehead atoms. The predicted octanol–water partition coefficient (Wildman–Crippen LogP) is 4.18. The van der Waals surface area contributed by atoms with E-state index in [1.54, 1.807) is 0 Å². The molecule has 0 amide bonds. The Morgan fingerprint density at radius 2 is 1.00 bits per heavy atom. The van der Waals surface area contributed by atoms with Crippen LogP contribution in [0, 0.1) is 0 Å². The van der Waals surface area contributed by atoms with E-state index in [4.69, 9.17) is 35.7 Å². The van der Waals surface area contributed by atoms with Crippen molar-refractivity contribution < 1.29 is 0 Å². The Morgan fingerprint density at radius 3 is 1.00 bits per heavy atom.